The Labute approximate surface area is 90.0 Å². The summed E-state index contributed by atoms with van der Waals surface area (Å²) in [6.07, 6.45) is 0. The van der Waals surface area contributed by atoms with Crippen LogP contribution in [0.15, 0.2) is 11.2 Å². The van der Waals surface area contributed by atoms with Gasteiger partial charge >= 0.3 is 0 Å². The van der Waals surface area contributed by atoms with E-state index >= 15 is 0 Å². The molecule has 0 bridgehead atoms. The van der Waals surface area contributed by atoms with Gasteiger partial charge in [0, 0.05) is 17.4 Å². The maximum Gasteiger partial charge on any atom is 0.276 e. The Morgan fingerprint density at radius 3 is 2.07 bits per heavy atom. The van der Waals surface area contributed by atoms with Crippen LogP contribution in [0.25, 0.3) is 0 Å². The van der Waals surface area contributed by atoms with Crippen molar-refractivity contribution in [3.63, 3.8) is 0 Å². The fourth-order valence-electron chi connectivity index (χ4n) is 1.18. The third-order valence-electron chi connectivity index (χ3n) is 1.59. The lowest BCUT2D eigenvalue weighted by atomic mass is 10.4. The molecule has 1 aromatic heterocycles. The summed E-state index contributed by atoms with van der Waals surface area (Å²) in [5, 5.41) is -0.159. The Morgan fingerprint density at radius 2 is 1.67 bits per heavy atom. The Balaban J connectivity index is 3.16. The van der Waals surface area contributed by atoms with Crippen molar-refractivity contribution in [1.29, 1.82) is 0 Å². The van der Waals surface area contributed by atoms with Crippen molar-refractivity contribution in [2.45, 2.75) is 38.9 Å². The maximum absolute atomic E-state index is 11.7. The van der Waals surface area contributed by atoms with Gasteiger partial charge in [0.15, 0.2) is 0 Å². The summed E-state index contributed by atoms with van der Waals surface area (Å²) < 4.78 is 25.9. The van der Waals surface area contributed by atoms with Crippen molar-refractivity contribution < 1.29 is 8.42 Å². The topological polar surface area (TPSA) is 72.0 Å². The Morgan fingerprint density at radius 1 is 1.20 bits per heavy atom. The molecule has 0 aliphatic heterocycles. The van der Waals surface area contributed by atoms with Gasteiger partial charge in [-0.1, -0.05) is 0 Å². The van der Waals surface area contributed by atoms with Gasteiger partial charge in [-0.15, -0.1) is 0 Å². The summed E-state index contributed by atoms with van der Waals surface area (Å²) >= 11 is 0. The van der Waals surface area contributed by atoms with Gasteiger partial charge in [0.1, 0.15) is 0 Å². The van der Waals surface area contributed by atoms with Crippen LogP contribution in [0.4, 0.5) is 0 Å². The molecular formula is C9H15N3O2S. The van der Waals surface area contributed by atoms with Gasteiger partial charge < -0.3 is 0 Å². The second-order valence-electron chi connectivity index (χ2n) is 3.71. The zero-order valence-electron chi connectivity index (χ0n) is 9.27. The summed E-state index contributed by atoms with van der Waals surface area (Å²) in [7, 11) is -3.58. The molecule has 6 heteroatoms. The number of hydrogen-bond donors (Lipinski definition) is 1. The molecule has 1 N–H and O–H groups in total. The minimum atomic E-state index is -3.58. The van der Waals surface area contributed by atoms with Crippen molar-refractivity contribution in [3.8, 4) is 0 Å². The number of aryl methyl sites for hydroxylation is 2. The predicted molar refractivity (Wildman–Crippen MR) is 57.0 cm³/mol. The molecule has 0 saturated heterocycles. The molecule has 0 spiro atoms. The standard InChI is InChI=1S/C9H15N3O2S/c1-6(2)12-15(13,14)9-10-7(3)5-8(4)11-9/h5-6,12H,1-4H3. The summed E-state index contributed by atoms with van der Waals surface area (Å²) in [6.45, 7) is 6.98. The molecule has 0 fully saturated rings. The average Bonchev–Trinajstić information content (AvgIpc) is 1.99. The monoisotopic (exact) mass is 229 g/mol. The first kappa shape index (κ1) is 12.1. The molecule has 0 aliphatic rings. The van der Waals surface area contributed by atoms with Crippen molar-refractivity contribution >= 4 is 10.0 Å². The minimum Gasteiger partial charge on any atom is -0.222 e. The predicted octanol–water partition coefficient (Wildman–Crippen LogP) is 0.780. The molecule has 0 radical (unpaired) electrons. The van der Waals surface area contributed by atoms with Gasteiger partial charge in [-0.05, 0) is 33.8 Å². The van der Waals surface area contributed by atoms with Gasteiger partial charge in [0.05, 0.1) is 0 Å². The molecule has 0 saturated carbocycles. The third-order valence-corrected chi connectivity index (χ3v) is 3.04. The zero-order chi connectivity index (χ0) is 11.6. The van der Waals surface area contributed by atoms with Crippen LogP contribution in [0.3, 0.4) is 0 Å². The Bertz CT molecular complexity index is 434. The van der Waals surface area contributed by atoms with Crippen LogP contribution < -0.4 is 4.72 Å². The number of sulfonamides is 1. The first-order chi connectivity index (χ1) is 6.81. The first-order valence-corrected chi connectivity index (χ1v) is 6.14. The van der Waals surface area contributed by atoms with E-state index in [4.69, 9.17) is 0 Å². The van der Waals surface area contributed by atoms with Gasteiger partial charge in [0.2, 0.25) is 0 Å². The maximum atomic E-state index is 11.7. The number of aromatic nitrogens is 2. The van der Waals surface area contributed by atoms with E-state index in [0.29, 0.717) is 11.4 Å². The van der Waals surface area contributed by atoms with Crippen molar-refractivity contribution in [1.82, 2.24) is 14.7 Å². The third kappa shape index (κ3) is 3.24. The Hall–Kier alpha value is -1.01. The van der Waals surface area contributed by atoms with Crippen LogP contribution in [0.5, 0.6) is 0 Å². The van der Waals surface area contributed by atoms with E-state index in [0.717, 1.165) is 0 Å². The zero-order valence-corrected chi connectivity index (χ0v) is 10.1. The molecule has 1 aromatic rings. The lowest BCUT2D eigenvalue weighted by Gasteiger charge is -2.08. The average molecular weight is 229 g/mol. The highest BCUT2D eigenvalue weighted by Gasteiger charge is 2.19. The number of rotatable bonds is 3. The summed E-state index contributed by atoms with van der Waals surface area (Å²) in [4.78, 5) is 7.79. The molecular weight excluding hydrogens is 214 g/mol. The summed E-state index contributed by atoms with van der Waals surface area (Å²) in [5.41, 5.74) is 1.29. The number of hydrogen-bond acceptors (Lipinski definition) is 4. The molecule has 84 valence electrons. The lowest BCUT2D eigenvalue weighted by Crippen LogP contribution is -2.31. The highest BCUT2D eigenvalue weighted by molar-refractivity contribution is 7.89. The SMILES string of the molecule is Cc1cc(C)nc(S(=O)(=O)NC(C)C)n1. The van der Waals surface area contributed by atoms with Gasteiger partial charge in [-0.25, -0.2) is 23.1 Å². The van der Waals surface area contributed by atoms with E-state index in [1.807, 2.05) is 0 Å². The second kappa shape index (κ2) is 4.24. The molecule has 0 aliphatic carbocycles. The quantitative estimate of drug-likeness (QED) is 0.777. The first-order valence-electron chi connectivity index (χ1n) is 4.66. The van der Waals surface area contributed by atoms with E-state index in [-0.39, 0.29) is 11.2 Å². The van der Waals surface area contributed by atoms with Crippen LogP contribution in [0.2, 0.25) is 0 Å². The van der Waals surface area contributed by atoms with Gasteiger partial charge in [-0.2, -0.15) is 0 Å². The van der Waals surface area contributed by atoms with Gasteiger partial charge in [0.25, 0.3) is 15.2 Å². The lowest BCUT2D eigenvalue weighted by molar-refractivity contribution is 0.559. The fourth-order valence-corrected chi connectivity index (χ4v) is 2.43. The molecule has 0 unspecified atom stereocenters. The molecule has 0 aromatic carbocycles. The highest BCUT2D eigenvalue weighted by atomic mass is 32.2. The minimum absolute atomic E-state index is 0.159. The summed E-state index contributed by atoms with van der Waals surface area (Å²) in [6, 6.07) is 1.56. The van der Waals surface area contributed by atoms with Crippen LogP contribution in [0.1, 0.15) is 25.2 Å². The van der Waals surface area contributed by atoms with E-state index < -0.39 is 10.0 Å². The molecule has 0 atom stereocenters. The van der Waals surface area contributed by atoms with E-state index in [1.165, 1.54) is 0 Å². The van der Waals surface area contributed by atoms with Crippen LogP contribution in [-0.2, 0) is 10.0 Å². The van der Waals surface area contributed by atoms with E-state index in [1.54, 1.807) is 33.8 Å². The second-order valence-corrected chi connectivity index (χ2v) is 5.32. The fraction of sp³-hybridized carbons (Fsp3) is 0.556. The summed E-state index contributed by atoms with van der Waals surface area (Å²) in [5.74, 6) is 0. The normalized spacial score (nSPS) is 12.1. The van der Waals surface area contributed by atoms with E-state index in [2.05, 4.69) is 14.7 Å². The Kier molecular flexibility index (Phi) is 3.41. The van der Waals surface area contributed by atoms with Gasteiger partial charge in [-0.3, -0.25) is 0 Å². The number of nitrogens with one attached hydrogen (secondary N) is 1. The smallest absolute Gasteiger partial charge is 0.222 e. The van der Waals surface area contributed by atoms with Crippen molar-refractivity contribution in [3.05, 3.63) is 17.5 Å². The molecule has 5 nitrogen and oxygen atoms in total. The molecule has 1 heterocycles. The van der Waals surface area contributed by atoms with Crippen LogP contribution in [0, 0.1) is 13.8 Å². The number of nitrogens with zero attached hydrogens (tertiary/aromatic N) is 2. The largest absolute Gasteiger partial charge is 0.276 e. The van der Waals surface area contributed by atoms with Crippen LogP contribution >= 0.6 is 0 Å². The molecule has 1 rings (SSSR count). The highest BCUT2D eigenvalue weighted by Crippen LogP contribution is 2.05. The molecule has 15 heavy (non-hydrogen) atoms. The van der Waals surface area contributed by atoms with Crippen LogP contribution in [-0.4, -0.2) is 24.4 Å². The van der Waals surface area contributed by atoms with Crippen molar-refractivity contribution in [2.24, 2.45) is 0 Å². The molecule has 0 amide bonds. The van der Waals surface area contributed by atoms with Crippen molar-refractivity contribution in [2.75, 3.05) is 0 Å². The van der Waals surface area contributed by atoms with E-state index in [9.17, 15) is 8.42 Å².